The molecule has 0 aromatic rings. The van der Waals surface area contributed by atoms with Crippen LogP contribution in [0.2, 0.25) is 0 Å². The topological polar surface area (TPSA) is 204 Å². The van der Waals surface area contributed by atoms with Gasteiger partial charge in [0.15, 0.2) is 0 Å². The summed E-state index contributed by atoms with van der Waals surface area (Å²) in [5.41, 5.74) is 5.01. The monoisotopic (exact) mass is 460 g/mol. The van der Waals surface area contributed by atoms with Crippen molar-refractivity contribution in [1.82, 2.24) is 15.5 Å². The number of nitrogens with two attached hydrogens (primary N) is 1. The van der Waals surface area contributed by atoms with Crippen LogP contribution in [0.15, 0.2) is 24.3 Å². The number of nitrogens with one attached hydrogen (secondary N) is 2. The molecule has 1 aliphatic rings. The smallest absolute Gasteiger partial charge is 0.413 e. The Morgan fingerprint density at radius 3 is 1.94 bits per heavy atom. The maximum absolute atomic E-state index is 11.0. The van der Waals surface area contributed by atoms with Gasteiger partial charge >= 0.3 is 6.09 Å². The molecule has 180 valence electrons. The number of ether oxygens (including phenoxy) is 3. The Morgan fingerprint density at radius 1 is 1.00 bits per heavy atom. The molecule has 32 heavy (non-hydrogen) atoms. The van der Waals surface area contributed by atoms with Crippen molar-refractivity contribution >= 4 is 35.6 Å². The highest BCUT2D eigenvalue weighted by atomic mass is 16.5. The summed E-state index contributed by atoms with van der Waals surface area (Å²) in [6, 6.07) is 0. The van der Waals surface area contributed by atoms with Gasteiger partial charge in [0.2, 0.25) is 5.91 Å². The average Bonchev–Trinajstić information content (AvgIpc) is 3.11. The Morgan fingerprint density at radius 2 is 1.53 bits per heavy atom. The van der Waals surface area contributed by atoms with Gasteiger partial charge in [-0.15, -0.1) is 0 Å². The lowest BCUT2D eigenvalue weighted by molar-refractivity contribution is -0.149. The van der Waals surface area contributed by atoms with Gasteiger partial charge in [0.05, 0.1) is 20.3 Å². The molecule has 0 fully saturated rings. The standard InChI is InChI=1S/C9H14N2O5.C6H5NO4.C3H9NO/c1-15-6-5-10-7(12)3-4-8(13)11-9(14)16-2;8-3-6(11)7-4(9)1-2-5(7)10;1-5-3-2-4/h3-4H,5-6H2,1-2H3,(H,10,12)(H,11,13,14);1-2,8H,3H2;2-4H2,1H3. The minimum absolute atomic E-state index is 0.346. The summed E-state index contributed by atoms with van der Waals surface area (Å²) in [5, 5.41) is 12.6. The van der Waals surface area contributed by atoms with E-state index in [0.717, 1.165) is 31.4 Å². The van der Waals surface area contributed by atoms with Crippen LogP contribution < -0.4 is 16.4 Å². The van der Waals surface area contributed by atoms with E-state index in [1.54, 1.807) is 7.11 Å². The van der Waals surface area contributed by atoms with E-state index in [1.807, 2.05) is 5.32 Å². The number of aliphatic hydroxyl groups excluding tert-OH is 1. The number of rotatable bonds is 8. The van der Waals surface area contributed by atoms with Crippen LogP contribution in [0.25, 0.3) is 0 Å². The van der Waals surface area contributed by atoms with Crippen molar-refractivity contribution in [1.29, 1.82) is 0 Å². The fourth-order valence-corrected chi connectivity index (χ4v) is 1.51. The molecule has 0 atom stereocenters. The third kappa shape index (κ3) is 15.4. The summed E-state index contributed by atoms with van der Waals surface area (Å²) >= 11 is 0. The predicted molar refractivity (Wildman–Crippen MR) is 109 cm³/mol. The Labute approximate surface area is 184 Å². The Kier molecular flexibility index (Phi) is 18.7. The number of imide groups is 4. The highest BCUT2D eigenvalue weighted by Crippen LogP contribution is 2.02. The number of methoxy groups -OCH3 is 3. The molecule has 0 unspecified atom stereocenters. The Hall–Kier alpha value is -3.46. The maximum Gasteiger partial charge on any atom is 0.413 e. The zero-order valence-corrected chi connectivity index (χ0v) is 18.0. The molecular weight excluding hydrogens is 432 g/mol. The lowest BCUT2D eigenvalue weighted by atomic mass is 10.4. The summed E-state index contributed by atoms with van der Waals surface area (Å²) in [6.07, 6.45) is 3.02. The van der Waals surface area contributed by atoms with Crippen LogP contribution in [0.4, 0.5) is 4.79 Å². The molecule has 0 aromatic heterocycles. The number of hydrogen-bond donors (Lipinski definition) is 4. The van der Waals surface area contributed by atoms with E-state index in [-0.39, 0.29) is 0 Å². The van der Waals surface area contributed by atoms with E-state index in [2.05, 4.69) is 14.8 Å². The normalized spacial score (nSPS) is 11.8. The summed E-state index contributed by atoms with van der Waals surface area (Å²) in [7, 11) is 4.27. The van der Waals surface area contributed by atoms with Crippen molar-refractivity contribution in [3.63, 3.8) is 0 Å². The second-order valence-corrected chi connectivity index (χ2v) is 5.28. The minimum Gasteiger partial charge on any atom is -0.453 e. The molecule has 0 saturated carbocycles. The molecule has 1 heterocycles. The zero-order valence-electron chi connectivity index (χ0n) is 18.0. The maximum atomic E-state index is 11.0. The van der Waals surface area contributed by atoms with Gasteiger partial charge in [-0.05, 0) is 0 Å². The molecule has 0 radical (unpaired) electrons. The van der Waals surface area contributed by atoms with Crippen molar-refractivity contribution < 1.29 is 48.1 Å². The highest BCUT2D eigenvalue weighted by Gasteiger charge is 2.28. The van der Waals surface area contributed by atoms with Crippen molar-refractivity contribution in [3.8, 4) is 0 Å². The molecule has 1 rings (SSSR count). The number of nitrogens with zero attached hydrogens (tertiary/aromatic N) is 1. The predicted octanol–water partition coefficient (Wildman–Crippen LogP) is -2.79. The van der Waals surface area contributed by atoms with Crippen LogP contribution in [-0.4, -0.2) is 99.9 Å². The van der Waals surface area contributed by atoms with E-state index in [9.17, 15) is 28.8 Å². The number of carbonyl (C=O) groups excluding carboxylic acids is 6. The van der Waals surface area contributed by atoms with E-state index < -0.39 is 42.2 Å². The number of carbonyl (C=O) groups is 6. The Balaban J connectivity index is 0. The summed E-state index contributed by atoms with van der Waals surface area (Å²) < 4.78 is 13.5. The van der Waals surface area contributed by atoms with Gasteiger partial charge in [-0.3, -0.25) is 29.3 Å². The molecule has 0 saturated heterocycles. The number of alkyl carbamates (subject to hydrolysis) is 1. The number of hydrogen-bond acceptors (Lipinski definition) is 11. The molecule has 5 N–H and O–H groups in total. The minimum atomic E-state index is -0.898. The largest absolute Gasteiger partial charge is 0.453 e. The fraction of sp³-hybridized carbons (Fsp3) is 0.444. The molecular formula is C18H28N4O10. The van der Waals surface area contributed by atoms with Crippen molar-refractivity contribution in [2.24, 2.45) is 5.73 Å². The Bertz CT molecular complexity index is 686. The van der Waals surface area contributed by atoms with Gasteiger partial charge in [0.25, 0.3) is 23.6 Å². The van der Waals surface area contributed by atoms with Gasteiger partial charge < -0.3 is 30.4 Å². The van der Waals surface area contributed by atoms with Gasteiger partial charge in [-0.2, -0.15) is 0 Å². The lowest BCUT2D eigenvalue weighted by Gasteiger charge is -2.08. The van der Waals surface area contributed by atoms with Crippen LogP contribution in [0.1, 0.15) is 0 Å². The first-order chi connectivity index (χ1) is 15.2. The van der Waals surface area contributed by atoms with Crippen molar-refractivity contribution in [2.75, 3.05) is 54.2 Å². The van der Waals surface area contributed by atoms with E-state index in [4.69, 9.17) is 15.6 Å². The zero-order chi connectivity index (χ0) is 24.9. The van der Waals surface area contributed by atoms with Crippen LogP contribution in [0.3, 0.4) is 0 Å². The van der Waals surface area contributed by atoms with Crippen LogP contribution >= 0.6 is 0 Å². The van der Waals surface area contributed by atoms with E-state index in [0.29, 0.717) is 31.2 Å². The molecule has 14 heteroatoms. The van der Waals surface area contributed by atoms with Gasteiger partial charge in [-0.1, -0.05) is 0 Å². The SMILES string of the molecule is COCCN.COCCNC(=O)C=CC(=O)NC(=O)OC.O=C1C=CC(=O)N1C(=O)CO. The second-order valence-electron chi connectivity index (χ2n) is 5.28. The van der Waals surface area contributed by atoms with E-state index in [1.165, 1.54) is 7.11 Å². The summed E-state index contributed by atoms with van der Waals surface area (Å²) in [4.78, 5) is 64.9. The molecule has 0 bridgehead atoms. The third-order valence-electron chi connectivity index (χ3n) is 2.92. The molecule has 0 spiro atoms. The summed E-state index contributed by atoms with van der Waals surface area (Å²) in [5.74, 6) is -3.47. The lowest BCUT2D eigenvalue weighted by Crippen LogP contribution is -2.38. The van der Waals surface area contributed by atoms with Crippen LogP contribution in [0, 0.1) is 0 Å². The van der Waals surface area contributed by atoms with Gasteiger partial charge in [-0.25, -0.2) is 9.69 Å². The molecule has 6 amide bonds. The first kappa shape index (κ1) is 30.7. The average molecular weight is 460 g/mol. The number of amides is 6. The van der Waals surface area contributed by atoms with Crippen LogP contribution in [0.5, 0.6) is 0 Å². The second kappa shape index (κ2) is 19.5. The van der Waals surface area contributed by atoms with Crippen molar-refractivity contribution in [2.45, 2.75) is 0 Å². The van der Waals surface area contributed by atoms with Gasteiger partial charge in [0.1, 0.15) is 6.61 Å². The molecule has 14 nitrogen and oxygen atoms in total. The quantitative estimate of drug-likeness (QED) is 0.165. The number of aliphatic hydroxyl groups is 1. The summed E-state index contributed by atoms with van der Waals surface area (Å²) in [6.45, 7) is 1.18. The van der Waals surface area contributed by atoms with E-state index >= 15 is 0 Å². The van der Waals surface area contributed by atoms with Crippen LogP contribution in [-0.2, 0) is 38.2 Å². The highest BCUT2D eigenvalue weighted by molar-refractivity contribution is 6.22. The van der Waals surface area contributed by atoms with Crippen molar-refractivity contribution in [3.05, 3.63) is 24.3 Å². The third-order valence-corrected chi connectivity index (χ3v) is 2.92. The molecule has 0 aliphatic carbocycles. The molecule has 1 aliphatic heterocycles. The van der Waals surface area contributed by atoms with Gasteiger partial charge in [0, 0.05) is 51.6 Å². The first-order valence-electron chi connectivity index (χ1n) is 8.90. The molecule has 0 aromatic carbocycles. The first-order valence-corrected chi connectivity index (χ1v) is 8.90. The fourth-order valence-electron chi connectivity index (χ4n) is 1.51.